The smallest absolute Gasteiger partial charge is 0.302 e. The van der Waals surface area contributed by atoms with Crippen LogP contribution in [-0.4, -0.2) is 51.0 Å². The van der Waals surface area contributed by atoms with Crippen molar-refractivity contribution in [3.05, 3.63) is 12.2 Å². The largest absolute Gasteiger partial charge is 0.462 e. The van der Waals surface area contributed by atoms with E-state index in [9.17, 15) is 24.9 Å². The average molecular weight is 505 g/mol. The highest BCUT2D eigenvalue weighted by Gasteiger charge is 2.73. The summed E-state index contributed by atoms with van der Waals surface area (Å²) < 4.78 is 6.00. The highest BCUT2D eigenvalue weighted by Crippen LogP contribution is 2.69. The van der Waals surface area contributed by atoms with Crippen LogP contribution in [0.2, 0.25) is 0 Å². The van der Waals surface area contributed by atoms with Crippen LogP contribution in [0.25, 0.3) is 0 Å². The van der Waals surface area contributed by atoms with Gasteiger partial charge in [0, 0.05) is 25.7 Å². The third-order valence-corrected chi connectivity index (χ3v) is 11.4. The molecule has 6 heteroatoms. The predicted octanol–water partition coefficient (Wildman–Crippen LogP) is 4.30. The molecule has 0 aromatic carbocycles. The second kappa shape index (κ2) is 9.50. The molecular formula is C30H48O6. The van der Waals surface area contributed by atoms with Crippen LogP contribution in [0.4, 0.5) is 0 Å². The molecule has 0 unspecified atom stereocenters. The van der Waals surface area contributed by atoms with E-state index in [0.717, 1.165) is 12.8 Å². The van der Waals surface area contributed by atoms with E-state index >= 15 is 0 Å². The maximum atomic E-state index is 13.6. The number of aliphatic hydroxyl groups excluding tert-OH is 2. The van der Waals surface area contributed by atoms with Gasteiger partial charge in [-0.3, -0.25) is 9.59 Å². The first-order chi connectivity index (χ1) is 16.7. The maximum absolute atomic E-state index is 13.6. The lowest BCUT2D eigenvalue weighted by Gasteiger charge is -2.65. The molecule has 0 amide bonds. The number of aliphatic hydroxyl groups is 3. The van der Waals surface area contributed by atoms with Gasteiger partial charge < -0.3 is 20.1 Å². The predicted molar refractivity (Wildman–Crippen MR) is 138 cm³/mol. The number of hydrogen-bond acceptors (Lipinski definition) is 6. The molecule has 4 aliphatic rings. The summed E-state index contributed by atoms with van der Waals surface area (Å²) in [5.41, 5.74) is -3.10. The summed E-state index contributed by atoms with van der Waals surface area (Å²) in [7, 11) is 0. The number of fused-ring (bicyclic) bond motifs is 5. The Kier molecular flexibility index (Phi) is 7.33. The summed E-state index contributed by atoms with van der Waals surface area (Å²) in [5.74, 6) is 1.10. The van der Waals surface area contributed by atoms with Crippen molar-refractivity contribution in [3.63, 3.8) is 0 Å². The van der Waals surface area contributed by atoms with Crippen LogP contribution < -0.4 is 0 Å². The van der Waals surface area contributed by atoms with Gasteiger partial charge in [-0.2, -0.15) is 0 Å². The number of carbonyl (C=O) groups excluding carboxylic acids is 2. The molecule has 4 fully saturated rings. The third-order valence-electron chi connectivity index (χ3n) is 11.4. The highest BCUT2D eigenvalue weighted by molar-refractivity contribution is 5.88. The Morgan fingerprint density at radius 1 is 1.08 bits per heavy atom. The SMILES string of the molecule is CC(=O)O[C@@H]1C[C@]2(C)[C@@H]([C@@H](C)/C=C/[C@H](C)C(C)C)CC[C@H]2[C@@H]2C[C@@H](O)[C@@]3(O)C[C@@H](O)CC(=O)[C@]3(C)[C@H]21. The van der Waals surface area contributed by atoms with Crippen LogP contribution in [0.5, 0.6) is 0 Å². The van der Waals surface area contributed by atoms with Crippen molar-refractivity contribution in [2.75, 3.05) is 0 Å². The van der Waals surface area contributed by atoms with Gasteiger partial charge in [0.05, 0.1) is 17.6 Å². The van der Waals surface area contributed by atoms with Gasteiger partial charge in [-0.1, -0.05) is 46.8 Å². The molecular weight excluding hydrogens is 456 g/mol. The molecule has 0 aliphatic heterocycles. The third kappa shape index (κ3) is 4.10. The normalized spacial score (nSPS) is 48.3. The van der Waals surface area contributed by atoms with Crippen molar-refractivity contribution < 1.29 is 29.6 Å². The van der Waals surface area contributed by atoms with Gasteiger partial charge in [0.15, 0.2) is 0 Å². The maximum Gasteiger partial charge on any atom is 0.302 e. The highest BCUT2D eigenvalue weighted by atomic mass is 16.5. The van der Waals surface area contributed by atoms with E-state index in [4.69, 9.17) is 4.74 Å². The second-order valence-electron chi connectivity index (χ2n) is 13.5. The Morgan fingerprint density at radius 2 is 1.75 bits per heavy atom. The number of Topliss-reactive ketones (excluding diaryl/α,β-unsaturated/α-hetero) is 1. The number of hydrogen-bond donors (Lipinski definition) is 3. The Balaban J connectivity index is 1.73. The first-order valence-electron chi connectivity index (χ1n) is 14.1. The van der Waals surface area contributed by atoms with Crippen molar-refractivity contribution in [3.8, 4) is 0 Å². The fraction of sp³-hybridized carbons (Fsp3) is 0.867. The molecule has 0 aromatic rings. The van der Waals surface area contributed by atoms with Crippen LogP contribution in [0.15, 0.2) is 12.2 Å². The van der Waals surface area contributed by atoms with Gasteiger partial charge in [-0.05, 0) is 73.5 Å². The van der Waals surface area contributed by atoms with Crippen LogP contribution in [-0.2, 0) is 14.3 Å². The summed E-state index contributed by atoms with van der Waals surface area (Å²) in [6.07, 6.45) is 5.10. The molecule has 204 valence electrons. The van der Waals surface area contributed by atoms with E-state index in [2.05, 4.69) is 46.8 Å². The van der Waals surface area contributed by atoms with E-state index < -0.39 is 29.3 Å². The number of rotatable bonds is 5. The van der Waals surface area contributed by atoms with Crippen LogP contribution in [0.1, 0.15) is 87.0 Å². The minimum absolute atomic E-state index is 0.0349. The fourth-order valence-electron chi connectivity index (χ4n) is 9.12. The summed E-state index contributed by atoms with van der Waals surface area (Å²) in [5, 5.41) is 33.4. The summed E-state index contributed by atoms with van der Waals surface area (Å²) in [4.78, 5) is 25.9. The minimum Gasteiger partial charge on any atom is -0.462 e. The topological polar surface area (TPSA) is 104 Å². The summed E-state index contributed by atoms with van der Waals surface area (Å²) in [6.45, 7) is 14.5. The van der Waals surface area contributed by atoms with Crippen molar-refractivity contribution in [2.45, 2.75) is 111 Å². The Hall–Kier alpha value is -1.24. The number of ketones is 1. The fourth-order valence-corrected chi connectivity index (χ4v) is 9.12. The van der Waals surface area contributed by atoms with E-state index in [-0.39, 0.29) is 47.8 Å². The molecule has 6 nitrogen and oxygen atoms in total. The molecule has 0 saturated heterocycles. The average Bonchev–Trinajstić information content (AvgIpc) is 3.11. The van der Waals surface area contributed by atoms with Gasteiger partial charge in [0.2, 0.25) is 0 Å². The Labute approximate surface area is 216 Å². The number of esters is 1. The summed E-state index contributed by atoms with van der Waals surface area (Å²) >= 11 is 0. The first kappa shape index (κ1) is 27.8. The zero-order valence-electron chi connectivity index (χ0n) is 23.2. The van der Waals surface area contributed by atoms with E-state index in [1.54, 1.807) is 6.92 Å². The zero-order chi connectivity index (χ0) is 26.8. The first-order valence-corrected chi connectivity index (χ1v) is 14.1. The van der Waals surface area contributed by atoms with Crippen molar-refractivity contribution >= 4 is 11.8 Å². The molecule has 4 saturated carbocycles. The quantitative estimate of drug-likeness (QED) is 0.381. The van der Waals surface area contributed by atoms with Gasteiger partial charge in [-0.15, -0.1) is 0 Å². The van der Waals surface area contributed by atoms with Gasteiger partial charge in [-0.25, -0.2) is 0 Å². The molecule has 36 heavy (non-hydrogen) atoms. The number of carbonyl (C=O) groups is 2. The van der Waals surface area contributed by atoms with Gasteiger partial charge in [0.1, 0.15) is 17.5 Å². The van der Waals surface area contributed by atoms with Crippen LogP contribution in [0.3, 0.4) is 0 Å². The van der Waals surface area contributed by atoms with Crippen molar-refractivity contribution in [1.82, 2.24) is 0 Å². The standard InChI is InChI=1S/C30H48O6/c1-16(2)17(3)8-9-18(4)22-10-11-23-21-13-26(34)30(35)14-20(32)12-25(33)29(30,7)27(21)24(36-19(5)31)15-28(22,23)6/h8-9,16-18,20-24,26-27,32,34-35H,10-15H2,1-7H3/b9-8+/t17-,18-,20-,21-,22+,23-,24+,26+,27+,28+,29+,30-/m0/s1. The Bertz CT molecular complexity index is 898. The molecule has 4 rings (SSSR count). The number of allylic oxidation sites excluding steroid dienone is 2. The molecule has 4 aliphatic carbocycles. The van der Waals surface area contributed by atoms with Crippen LogP contribution >= 0.6 is 0 Å². The van der Waals surface area contributed by atoms with Gasteiger partial charge >= 0.3 is 5.97 Å². The molecule has 0 heterocycles. The second-order valence-corrected chi connectivity index (χ2v) is 13.5. The lowest BCUT2D eigenvalue weighted by Crippen LogP contribution is -2.74. The molecule has 0 aromatic heterocycles. The lowest BCUT2D eigenvalue weighted by molar-refractivity contribution is -0.270. The molecule has 0 bridgehead atoms. The molecule has 12 atom stereocenters. The summed E-state index contributed by atoms with van der Waals surface area (Å²) in [6, 6.07) is 0. The molecule has 0 radical (unpaired) electrons. The van der Waals surface area contributed by atoms with E-state index in [0.29, 0.717) is 36.5 Å². The van der Waals surface area contributed by atoms with Crippen molar-refractivity contribution in [1.29, 1.82) is 0 Å². The zero-order valence-corrected chi connectivity index (χ0v) is 23.2. The minimum atomic E-state index is -1.73. The Morgan fingerprint density at radius 3 is 2.36 bits per heavy atom. The van der Waals surface area contributed by atoms with E-state index in [1.807, 2.05) is 0 Å². The number of ether oxygens (including phenoxy) is 1. The molecule has 3 N–H and O–H groups in total. The molecule has 0 spiro atoms. The lowest BCUT2D eigenvalue weighted by atomic mass is 9.41. The van der Waals surface area contributed by atoms with E-state index in [1.165, 1.54) is 6.92 Å². The monoisotopic (exact) mass is 504 g/mol. The van der Waals surface area contributed by atoms with Crippen LogP contribution in [0, 0.1) is 52.3 Å². The van der Waals surface area contributed by atoms with Crippen molar-refractivity contribution in [2.24, 2.45) is 52.3 Å². The van der Waals surface area contributed by atoms with Gasteiger partial charge in [0.25, 0.3) is 0 Å².